The van der Waals surface area contributed by atoms with Crippen molar-refractivity contribution in [2.24, 2.45) is 0 Å². The molecule has 2 aromatic rings. The largest absolute Gasteiger partial charge is 0.454 e. The predicted octanol–water partition coefficient (Wildman–Crippen LogP) is 0.480. The van der Waals surface area contributed by atoms with Crippen molar-refractivity contribution in [2.45, 2.75) is 13.0 Å². The van der Waals surface area contributed by atoms with Crippen molar-refractivity contribution in [3.8, 4) is 17.6 Å². The summed E-state index contributed by atoms with van der Waals surface area (Å²) in [7, 11) is 1.58. The molecule has 0 radical (unpaired) electrons. The molecule has 3 rings (SSSR count). The van der Waals surface area contributed by atoms with Gasteiger partial charge in [0.2, 0.25) is 6.79 Å². The van der Waals surface area contributed by atoms with Gasteiger partial charge in [-0.05, 0) is 30.2 Å². The number of hydrogen-bond acceptors (Lipinski definition) is 7. The van der Waals surface area contributed by atoms with E-state index in [0.717, 1.165) is 16.9 Å². The summed E-state index contributed by atoms with van der Waals surface area (Å²) in [4.78, 5) is 25.4. The van der Waals surface area contributed by atoms with Gasteiger partial charge in [0.15, 0.2) is 17.1 Å². The number of fused-ring (bicyclic) bond motifs is 1. The lowest BCUT2D eigenvalue weighted by Crippen LogP contribution is -2.35. The predicted molar refractivity (Wildman–Crippen MR) is 113 cm³/mol. The Balaban J connectivity index is 2.05. The smallest absolute Gasteiger partial charge is 0.269 e. The average molecular weight is 427 g/mol. The first kappa shape index (κ1) is 21.4. The van der Waals surface area contributed by atoms with Crippen LogP contribution in [0.15, 0.2) is 35.6 Å². The summed E-state index contributed by atoms with van der Waals surface area (Å²) >= 11 is 1.09. The van der Waals surface area contributed by atoms with E-state index in [9.17, 15) is 14.9 Å². The third kappa shape index (κ3) is 4.62. The quantitative estimate of drug-likeness (QED) is 0.486. The molecule has 0 bridgehead atoms. The molecule has 0 saturated heterocycles. The minimum absolute atomic E-state index is 0.110. The van der Waals surface area contributed by atoms with Crippen LogP contribution in [-0.2, 0) is 16.1 Å². The molecule has 0 saturated carbocycles. The van der Waals surface area contributed by atoms with Crippen molar-refractivity contribution in [2.75, 3.05) is 27.1 Å². The van der Waals surface area contributed by atoms with Gasteiger partial charge in [0, 0.05) is 26.8 Å². The maximum absolute atomic E-state index is 12.9. The molecule has 1 aliphatic rings. The van der Waals surface area contributed by atoms with Crippen molar-refractivity contribution in [3.63, 3.8) is 0 Å². The fourth-order valence-corrected chi connectivity index (χ4v) is 3.97. The third-order valence-corrected chi connectivity index (χ3v) is 5.41. The van der Waals surface area contributed by atoms with Crippen LogP contribution in [0.2, 0.25) is 0 Å². The maximum Gasteiger partial charge on any atom is 0.269 e. The number of ether oxygens (including phenoxy) is 3. The second-order valence-corrected chi connectivity index (χ2v) is 7.35. The minimum Gasteiger partial charge on any atom is -0.454 e. The molecule has 30 heavy (non-hydrogen) atoms. The van der Waals surface area contributed by atoms with Crippen molar-refractivity contribution >= 4 is 28.9 Å². The Bertz CT molecular complexity index is 1170. The van der Waals surface area contributed by atoms with Crippen LogP contribution in [0.4, 0.5) is 0 Å². The van der Waals surface area contributed by atoms with Crippen LogP contribution >= 0.6 is 11.3 Å². The summed E-state index contributed by atoms with van der Waals surface area (Å²) in [6, 6.07) is 7.29. The number of methoxy groups -OCH3 is 1. The Hall–Kier alpha value is -3.35. The maximum atomic E-state index is 12.9. The number of rotatable bonds is 8. The van der Waals surface area contributed by atoms with Gasteiger partial charge >= 0.3 is 0 Å². The molecule has 0 unspecified atom stereocenters. The number of aromatic nitrogens is 1. The third-order valence-electron chi connectivity index (χ3n) is 4.28. The van der Waals surface area contributed by atoms with Crippen molar-refractivity contribution in [3.05, 3.63) is 56.0 Å². The van der Waals surface area contributed by atoms with Gasteiger partial charge in [-0.1, -0.05) is 12.1 Å². The van der Waals surface area contributed by atoms with E-state index in [0.29, 0.717) is 40.3 Å². The van der Waals surface area contributed by atoms with Crippen LogP contribution in [0.5, 0.6) is 11.5 Å². The van der Waals surface area contributed by atoms with E-state index in [4.69, 9.17) is 14.2 Å². The SMILES string of the molecule is C=CCn1c(=O)/c(=C/c2ccc3c(c2)OCO3)s/c1=C(/C#N)C(=O)NCCCOC. The summed E-state index contributed by atoms with van der Waals surface area (Å²) in [6.45, 7) is 4.87. The first-order chi connectivity index (χ1) is 14.6. The number of benzene rings is 1. The normalized spacial score (nSPS) is 13.7. The van der Waals surface area contributed by atoms with Gasteiger partial charge in [0.1, 0.15) is 10.7 Å². The van der Waals surface area contributed by atoms with Crippen LogP contribution in [0.3, 0.4) is 0 Å². The average Bonchev–Trinajstić information content (AvgIpc) is 3.32. The highest BCUT2D eigenvalue weighted by Gasteiger charge is 2.16. The molecule has 1 aliphatic heterocycles. The van der Waals surface area contributed by atoms with Crippen LogP contribution in [-0.4, -0.2) is 37.5 Å². The van der Waals surface area contributed by atoms with Crippen LogP contribution in [0.25, 0.3) is 11.6 Å². The molecular weight excluding hydrogens is 406 g/mol. The van der Waals surface area contributed by atoms with Gasteiger partial charge in [-0.2, -0.15) is 5.26 Å². The van der Waals surface area contributed by atoms with Gasteiger partial charge < -0.3 is 19.5 Å². The van der Waals surface area contributed by atoms with Crippen LogP contribution in [0.1, 0.15) is 12.0 Å². The van der Waals surface area contributed by atoms with Gasteiger partial charge in [-0.25, -0.2) is 0 Å². The van der Waals surface area contributed by atoms with Gasteiger partial charge in [-0.3, -0.25) is 14.2 Å². The van der Waals surface area contributed by atoms with Gasteiger partial charge in [0.25, 0.3) is 11.5 Å². The number of hydrogen-bond donors (Lipinski definition) is 1. The van der Waals surface area contributed by atoms with E-state index in [2.05, 4.69) is 11.9 Å². The second kappa shape index (κ2) is 9.91. The molecule has 2 heterocycles. The molecule has 0 aliphatic carbocycles. The molecule has 1 amide bonds. The van der Waals surface area contributed by atoms with E-state index < -0.39 is 5.91 Å². The van der Waals surface area contributed by atoms with E-state index in [1.807, 2.05) is 12.1 Å². The number of amides is 1. The Morgan fingerprint density at radius 2 is 2.23 bits per heavy atom. The van der Waals surface area contributed by atoms with Crippen LogP contribution in [0, 0.1) is 11.3 Å². The zero-order valence-corrected chi connectivity index (χ0v) is 17.3. The molecule has 1 N–H and O–H groups in total. The molecule has 0 atom stereocenters. The zero-order chi connectivity index (χ0) is 21.5. The lowest BCUT2D eigenvalue weighted by Gasteiger charge is -2.04. The van der Waals surface area contributed by atoms with E-state index in [1.165, 1.54) is 4.57 Å². The number of nitrogens with one attached hydrogen (secondary N) is 1. The number of nitrogens with zero attached hydrogens (tertiary/aromatic N) is 2. The molecule has 0 spiro atoms. The first-order valence-electron chi connectivity index (χ1n) is 9.22. The zero-order valence-electron chi connectivity index (χ0n) is 16.5. The summed E-state index contributed by atoms with van der Waals surface area (Å²) < 4.78 is 17.7. The van der Waals surface area contributed by atoms with Gasteiger partial charge in [0.05, 0.1) is 4.53 Å². The van der Waals surface area contributed by atoms with Crippen molar-refractivity contribution in [1.82, 2.24) is 9.88 Å². The summed E-state index contributed by atoms with van der Waals surface area (Å²) in [5.41, 5.74) is 0.339. The van der Waals surface area contributed by atoms with Gasteiger partial charge in [-0.15, -0.1) is 17.9 Å². The summed E-state index contributed by atoms with van der Waals surface area (Å²) in [5.74, 6) is 0.724. The fraction of sp³-hybridized carbons (Fsp3) is 0.286. The highest BCUT2D eigenvalue weighted by atomic mass is 32.1. The Labute approximate surface area is 176 Å². The van der Waals surface area contributed by atoms with Crippen LogP contribution < -0.4 is 29.5 Å². The topological polar surface area (TPSA) is 103 Å². The molecule has 9 heteroatoms. The highest BCUT2D eigenvalue weighted by molar-refractivity contribution is 7.07. The monoisotopic (exact) mass is 427 g/mol. The number of carbonyl (C=O) groups excluding carboxylic acids is 1. The molecule has 1 aromatic carbocycles. The summed E-state index contributed by atoms with van der Waals surface area (Å²) in [6.07, 6.45) is 3.87. The molecule has 8 nitrogen and oxygen atoms in total. The molecule has 156 valence electrons. The standard InChI is InChI=1S/C21H21N3O5S/c1-3-8-24-20(26)18(11-14-5-6-16-17(10-14)29-13-28-16)30-21(24)15(12-22)19(25)23-7-4-9-27-2/h3,5-6,10-11H,1,4,7-9,13H2,2H3,(H,23,25)/b18-11-,21-15-. The molecular formula is C21H21N3O5S. The highest BCUT2D eigenvalue weighted by Crippen LogP contribution is 2.32. The van der Waals surface area contributed by atoms with Crippen molar-refractivity contribution < 1.29 is 19.0 Å². The Morgan fingerprint density at radius 3 is 2.97 bits per heavy atom. The number of carbonyl (C=O) groups is 1. The van der Waals surface area contributed by atoms with E-state index in [-0.39, 0.29) is 24.5 Å². The number of nitriles is 1. The molecule has 1 aromatic heterocycles. The number of thiazole rings is 1. The fourth-order valence-electron chi connectivity index (χ4n) is 2.86. The van der Waals surface area contributed by atoms with E-state index in [1.54, 1.807) is 31.4 Å². The lowest BCUT2D eigenvalue weighted by atomic mass is 10.2. The second-order valence-electron chi connectivity index (χ2n) is 6.32. The Morgan fingerprint density at radius 1 is 1.43 bits per heavy atom. The van der Waals surface area contributed by atoms with Crippen molar-refractivity contribution in [1.29, 1.82) is 5.26 Å². The summed E-state index contributed by atoms with van der Waals surface area (Å²) in [5, 5.41) is 12.3. The lowest BCUT2D eigenvalue weighted by molar-refractivity contribution is -0.115. The van der Waals surface area contributed by atoms with E-state index >= 15 is 0 Å². The Kier molecular flexibility index (Phi) is 7.06. The first-order valence-corrected chi connectivity index (χ1v) is 10.0. The molecule has 0 fully saturated rings. The number of allylic oxidation sites excluding steroid dienone is 1. The minimum atomic E-state index is -0.526.